The van der Waals surface area contributed by atoms with Crippen molar-refractivity contribution >= 4 is 44.8 Å². The van der Waals surface area contributed by atoms with Gasteiger partial charge in [0.2, 0.25) is 10.0 Å². The summed E-state index contributed by atoms with van der Waals surface area (Å²) in [6.07, 6.45) is 0. The predicted octanol–water partition coefficient (Wildman–Crippen LogP) is 2.94. The van der Waals surface area contributed by atoms with Crippen molar-refractivity contribution in [3.05, 3.63) is 27.2 Å². The number of aliphatic hydroxyl groups excluding tert-OH is 1. The van der Waals surface area contributed by atoms with Crippen LogP contribution in [0.15, 0.2) is 17.0 Å². The molecule has 0 bridgehead atoms. The van der Waals surface area contributed by atoms with E-state index in [0.29, 0.717) is 0 Å². The molecule has 0 amide bonds. The van der Waals surface area contributed by atoms with Gasteiger partial charge in [-0.25, -0.2) is 13.1 Å². The van der Waals surface area contributed by atoms with E-state index in [1.165, 1.54) is 12.1 Å². The molecule has 0 aliphatic carbocycles. The van der Waals surface area contributed by atoms with Crippen LogP contribution in [0.25, 0.3) is 0 Å². The van der Waals surface area contributed by atoms with Crippen LogP contribution >= 0.6 is 34.8 Å². The molecule has 8 heteroatoms. The summed E-state index contributed by atoms with van der Waals surface area (Å²) in [5.74, 6) is -0.236. The molecule has 0 saturated carbocycles. The highest BCUT2D eigenvalue weighted by Gasteiger charge is 2.26. The van der Waals surface area contributed by atoms with Crippen LogP contribution in [0.1, 0.15) is 13.8 Å². The minimum absolute atomic E-state index is 0.0474. The summed E-state index contributed by atoms with van der Waals surface area (Å²) in [4.78, 5) is -0.211. The first-order valence-electron chi connectivity index (χ1n) is 5.46. The second-order valence-corrected chi connectivity index (χ2v) is 7.17. The number of benzene rings is 1. The van der Waals surface area contributed by atoms with E-state index in [0.717, 1.165) is 0 Å². The molecule has 0 saturated heterocycles. The maximum Gasteiger partial charge on any atom is 0.243 e. The van der Waals surface area contributed by atoms with Crippen molar-refractivity contribution in [2.45, 2.75) is 24.8 Å². The molecule has 0 spiro atoms. The molecule has 0 heterocycles. The number of nitrogens with one attached hydrogen (secondary N) is 1. The second kappa shape index (κ2) is 6.61. The van der Waals surface area contributed by atoms with Crippen molar-refractivity contribution in [2.24, 2.45) is 5.92 Å². The topological polar surface area (TPSA) is 66.4 Å². The molecule has 108 valence electrons. The van der Waals surface area contributed by atoms with Crippen molar-refractivity contribution in [3.8, 4) is 0 Å². The Hall–Kier alpha value is -0.0400. The largest absolute Gasteiger partial charge is 0.396 e. The Balaban J connectivity index is 3.15. The molecule has 0 aliphatic heterocycles. The normalized spacial score (nSPS) is 15.3. The Labute approximate surface area is 127 Å². The zero-order valence-electron chi connectivity index (χ0n) is 10.3. The highest BCUT2D eigenvalue weighted by Crippen LogP contribution is 2.32. The van der Waals surface area contributed by atoms with Gasteiger partial charge in [-0.15, -0.1) is 0 Å². The lowest BCUT2D eigenvalue weighted by molar-refractivity contribution is 0.216. The molecule has 19 heavy (non-hydrogen) atoms. The van der Waals surface area contributed by atoms with Gasteiger partial charge in [0.15, 0.2) is 0 Å². The van der Waals surface area contributed by atoms with Gasteiger partial charge in [0.05, 0.1) is 10.0 Å². The van der Waals surface area contributed by atoms with Gasteiger partial charge in [-0.05, 0) is 25.0 Å². The van der Waals surface area contributed by atoms with E-state index in [4.69, 9.17) is 39.9 Å². The van der Waals surface area contributed by atoms with Gasteiger partial charge < -0.3 is 5.11 Å². The molecule has 2 unspecified atom stereocenters. The highest BCUT2D eigenvalue weighted by molar-refractivity contribution is 7.89. The van der Waals surface area contributed by atoms with Gasteiger partial charge in [0, 0.05) is 17.7 Å². The Bertz CT molecular complexity index is 539. The number of sulfonamides is 1. The first kappa shape index (κ1) is 17.0. The average Bonchev–Trinajstić information content (AvgIpc) is 2.24. The summed E-state index contributed by atoms with van der Waals surface area (Å²) in [5.41, 5.74) is 0. The van der Waals surface area contributed by atoms with Gasteiger partial charge >= 0.3 is 0 Å². The van der Waals surface area contributed by atoms with E-state index in [1.54, 1.807) is 13.8 Å². The maximum atomic E-state index is 12.2. The molecule has 0 fully saturated rings. The van der Waals surface area contributed by atoms with Crippen molar-refractivity contribution in [1.82, 2.24) is 4.72 Å². The minimum Gasteiger partial charge on any atom is -0.396 e. The summed E-state index contributed by atoms with van der Waals surface area (Å²) in [5, 5.41) is 9.17. The van der Waals surface area contributed by atoms with E-state index >= 15 is 0 Å². The quantitative estimate of drug-likeness (QED) is 0.861. The van der Waals surface area contributed by atoms with Crippen LogP contribution in [-0.2, 0) is 10.0 Å². The third-order valence-corrected chi connectivity index (χ3v) is 5.41. The molecule has 4 nitrogen and oxygen atoms in total. The van der Waals surface area contributed by atoms with Gasteiger partial charge in [-0.2, -0.15) is 0 Å². The van der Waals surface area contributed by atoms with E-state index in [2.05, 4.69) is 4.72 Å². The van der Waals surface area contributed by atoms with Crippen molar-refractivity contribution < 1.29 is 13.5 Å². The lowest BCUT2D eigenvalue weighted by Gasteiger charge is -2.20. The average molecular weight is 347 g/mol. The predicted molar refractivity (Wildman–Crippen MR) is 77.5 cm³/mol. The van der Waals surface area contributed by atoms with E-state index in [1.807, 2.05) is 0 Å². The molecule has 1 aromatic rings. The van der Waals surface area contributed by atoms with Crippen LogP contribution in [0.5, 0.6) is 0 Å². The van der Waals surface area contributed by atoms with E-state index in [9.17, 15) is 8.42 Å². The Kier molecular flexibility index (Phi) is 5.92. The number of aliphatic hydroxyl groups is 1. The molecule has 0 aliphatic rings. The van der Waals surface area contributed by atoms with Crippen LogP contribution in [0.2, 0.25) is 15.1 Å². The maximum absolute atomic E-state index is 12.2. The van der Waals surface area contributed by atoms with Crippen LogP contribution < -0.4 is 4.72 Å². The molecule has 1 rings (SSSR count). The monoisotopic (exact) mass is 345 g/mol. The van der Waals surface area contributed by atoms with Crippen LogP contribution in [0.3, 0.4) is 0 Å². The number of halogens is 3. The molecule has 2 N–H and O–H groups in total. The molecule has 2 atom stereocenters. The van der Waals surface area contributed by atoms with E-state index in [-0.39, 0.29) is 32.5 Å². The Morgan fingerprint density at radius 3 is 2.11 bits per heavy atom. The molecular formula is C11H14Cl3NO3S. The van der Waals surface area contributed by atoms with Crippen LogP contribution in [-0.4, -0.2) is 26.2 Å². The lowest BCUT2D eigenvalue weighted by Crippen LogP contribution is -2.38. The SMILES string of the molecule is CC(CO)C(C)NS(=O)(=O)c1c(Cl)cc(Cl)cc1Cl. The Morgan fingerprint density at radius 1 is 1.21 bits per heavy atom. The third-order valence-electron chi connectivity index (χ3n) is 2.71. The highest BCUT2D eigenvalue weighted by atomic mass is 35.5. The first-order valence-corrected chi connectivity index (χ1v) is 8.08. The summed E-state index contributed by atoms with van der Waals surface area (Å²) in [6, 6.07) is 2.16. The van der Waals surface area contributed by atoms with Crippen LogP contribution in [0, 0.1) is 5.92 Å². The number of rotatable bonds is 5. The fourth-order valence-corrected chi connectivity index (χ4v) is 4.26. The van der Waals surface area contributed by atoms with Gasteiger partial charge in [0.25, 0.3) is 0 Å². The Morgan fingerprint density at radius 2 is 1.68 bits per heavy atom. The second-order valence-electron chi connectivity index (χ2n) is 4.27. The number of hydrogen-bond donors (Lipinski definition) is 2. The van der Waals surface area contributed by atoms with Gasteiger partial charge in [-0.3, -0.25) is 0 Å². The molecule has 1 aromatic carbocycles. The summed E-state index contributed by atoms with van der Waals surface area (Å²) < 4.78 is 26.8. The van der Waals surface area contributed by atoms with Crippen molar-refractivity contribution in [3.63, 3.8) is 0 Å². The molecule has 0 radical (unpaired) electrons. The van der Waals surface area contributed by atoms with Gasteiger partial charge in [-0.1, -0.05) is 41.7 Å². The lowest BCUT2D eigenvalue weighted by atomic mass is 10.1. The summed E-state index contributed by atoms with van der Waals surface area (Å²) in [7, 11) is -3.88. The zero-order valence-corrected chi connectivity index (χ0v) is 13.4. The van der Waals surface area contributed by atoms with Crippen molar-refractivity contribution in [2.75, 3.05) is 6.61 Å². The third kappa shape index (κ3) is 4.21. The van der Waals surface area contributed by atoms with Crippen LogP contribution in [0.4, 0.5) is 0 Å². The summed E-state index contributed by atoms with van der Waals surface area (Å²) >= 11 is 17.5. The molecule has 0 aromatic heterocycles. The molecular weight excluding hydrogens is 333 g/mol. The minimum atomic E-state index is -3.88. The smallest absolute Gasteiger partial charge is 0.243 e. The van der Waals surface area contributed by atoms with Gasteiger partial charge in [0.1, 0.15) is 4.90 Å². The number of hydrogen-bond acceptors (Lipinski definition) is 3. The van der Waals surface area contributed by atoms with Crippen molar-refractivity contribution in [1.29, 1.82) is 0 Å². The standard InChI is InChI=1S/C11H14Cl3NO3S/c1-6(5-16)7(2)15-19(17,18)11-9(13)3-8(12)4-10(11)14/h3-4,6-7,15-16H,5H2,1-2H3. The zero-order chi connectivity index (χ0) is 14.8. The summed E-state index contributed by atoms with van der Waals surface area (Å²) in [6.45, 7) is 3.24. The first-order chi connectivity index (χ1) is 8.69. The fourth-order valence-electron chi connectivity index (χ4n) is 1.36. The fraction of sp³-hybridized carbons (Fsp3) is 0.455. The van der Waals surface area contributed by atoms with E-state index < -0.39 is 16.1 Å².